The molecule has 0 fully saturated rings. The fraction of sp³-hybridized carbons (Fsp3) is 0.312. The average Bonchev–Trinajstić information content (AvgIpc) is 3.20. The number of nitrogens with zero attached hydrogens (tertiary/aromatic N) is 4. The first kappa shape index (κ1) is 18.9. The van der Waals surface area contributed by atoms with Crippen LogP contribution in [-0.2, 0) is 19.6 Å². The van der Waals surface area contributed by atoms with Gasteiger partial charge in [-0.2, -0.15) is 10.2 Å². The first-order valence-electron chi connectivity index (χ1n) is 8.18. The fourth-order valence-corrected chi connectivity index (χ4v) is 3.33. The number of rotatable bonds is 8. The average molecular weight is 392 g/mol. The number of hydrogen-bond donors (Lipinski definition) is 2. The van der Waals surface area contributed by atoms with Gasteiger partial charge in [0, 0.05) is 23.9 Å². The van der Waals surface area contributed by atoms with E-state index in [1.807, 2.05) is 13.8 Å². The molecule has 3 aromatic rings. The molecular weight excluding hydrogens is 372 g/mol. The summed E-state index contributed by atoms with van der Waals surface area (Å²) in [4.78, 5) is 11.0. The first-order chi connectivity index (χ1) is 12.8. The summed E-state index contributed by atoms with van der Waals surface area (Å²) in [5.74, 6) is 0. The Bertz CT molecular complexity index is 1070. The molecule has 0 bridgehead atoms. The van der Waals surface area contributed by atoms with Gasteiger partial charge in [-0.25, -0.2) is 17.6 Å². The Morgan fingerprint density at radius 3 is 2.74 bits per heavy atom. The number of sulfonamides is 1. The van der Waals surface area contributed by atoms with Crippen molar-refractivity contribution in [2.75, 3.05) is 22.9 Å². The smallest absolute Gasteiger partial charge is 0.229 e. The molecule has 0 aromatic carbocycles. The SMILES string of the molecule is CCOC(C)n1cc(-c2c(NC=O)cnn3cc(NS(C)(=O)=O)cc23)cn1. The van der Waals surface area contributed by atoms with Crippen molar-refractivity contribution in [3.05, 3.63) is 30.9 Å². The van der Waals surface area contributed by atoms with Gasteiger partial charge < -0.3 is 10.1 Å². The second-order valence-electron chi connectivity index (χ2n) is 5.89. The highest BCUT2D eigenvalue weighted by Crippen LogP contribution is 2.33. The normalized spacial score (nSPS) is 12.9. The van der Waals surface area contributed by atoms with E-state index in [2.05, 4.69) is 20.2 Å². The van der Waals surface area contributed by atoms with Crippen LogP contribution in [0.5, 0.6) is 0 Å². The molecular formula is C16H20N6O4S. The van der Waals surface area contributed by atoms with Crippen LogP contribution < -0.4 is 10.0 Å². The molecule has 3 aromatic heterocycles. The van der Waals surface area contributed by atoms with Crippen molar-refractivity contribution in [1.29, 1.82) is 0 Å². The van der Waals surface area contributed by atoms with E-state index in [-0.39, 0.29) is 6.23 Å². The lowest BCUT2D eigenvalue weighted by Crippen LogP contribution is -2.09. The van der Waals surface area contributed by atoms with Gasteiger partial charge in [0.2, 0.25) is 16.4 Å². The van der Waals surface area contributed by atoms with Crippen LogP contribution in [0.4, 0.5) is 11.4 Å². The predicted octanol–water partition coefficient (Wildman–Crippen LogP) is 1.69. The molecule has 11 heteroatoms. The molecule has 27 heavy (non-hydrogen) atoms. The standard InChI is InChI=1S/C16H20N6O4S/c1-4-26-11(2)21-8-12(6-18-21)16-14(17-10-23)7-19-22-9-13(5-15(16)22)20-27(3,24)25/h5-11,20H,4H2,1-3H3,(H,17,23). The Morgan fingerprint density at radius 1 is 1.30 bits per heavy atom. The minimum absolute atomic E-state index is 0.252. The number of ether oxygens (including phenoxy) is 1. The van der Waals surface area contributed by atoms with Crippen molar-refractivity contribution in [2.45, 2.75) is 20.1 Å². The summed E-state index contributed by atoms with van der Waals surface area (Å²) in [5, 5.41) is 11.2. The van der Waals surface area contributed by atoms with Crippen LogP contribution in [0.1, 0.15) is 20.1 Å². The lowest BCUT2D eigenvalue weighted by Gasteiger charge is -2.11. The van der Waals surface area contributed by atoms with Gasteiger partial charge in [-0.15, -0.1) is 0 Å². The molecule has 0 aliphatic heterocycles. The molecule has 2 N–H and O–H groups in total. The zero-order valence-electron chi connectivity index (χ0n) is 15.1. The van der Waals surface area contributed by atoms with Crippen molar-refractivity contribution in [1.82, 2.24) is 19.4 Å². The maximum absolute atomic E-state index is 11.5. The van der Waals surface area contributed by atoms with Crippen molar-refractivity contribution >= 4 is 33.3 Å². The lowest BCUT2D eigenvalue weighted by molar-refractivity contribution is -0.105. The largest absolute Gasteiger partial charge is 0.357 e. The summed E-state index contributed by atoms with van der Waals surface area (Å²) in [6, 6.07) is 1.64. The quantitative estimate of drug-likeness (QED) is 0.563. The number of amides is 1. The Hall–Kier alpha value is -2.92. The van der Waals surface area contributed by atoms with Crippen molar-refractivity contribution in [2.24, 2.45) is 0 Å². The van der Waals surface area contributed by atoms with E-state index in [0.717, 1.165) is 11.8 Å². The number of carbonyl (C=O) groups is 1. The maximum atomic E-state index is 11.5. The van der Waals surface area contributed by atoms with Crippen LogP contribution in [0.25, 0.3) is 16.6 Å². The van der Waals surface area contributed by atoms with Crippen molar-refractivity contribution in [3.63, 3.8) is 0 Å². The molecule has 1 amide bonds. The topological polar surface area (TPSA) is 120 Å². The maximum Gasteiger partial charge on any atom is 0.229 e. The molecule has 0 aliphatic rings. The van der Waals surface area contributed by atoms with E-state index in [9.17, 15) is 13.2 Å². The summed E-state index contributed by atoms with van der Waals surface area (Å²) in [6.07, 6.45) is 7.87. The predicted molar refractivity (Wildman–Crippen MR) is 101 cm³/mol. The number of fused-ring (bicyclic) bond motifs is 1. The second kappa shape index (κ2) is 7.37. The zero-order valence-corrected chi connectivity index (χ0v) is 15.9. The minimum Gasteiger partial charge on any atom is -0.357 e. The molecule has 0 saturated carbocycles. The third-order valence-electron chi connectivity index (χ3n) is 3.83. The van der Waals surface area contributed by atoms with Gasteiger partial charge in [0.1, 0.15) is 6.23 Å². The van der Waals surface area contributed by atoms with E-state index >= 15 is 0 Å². The van der Waals surface area contributed by atoms with E-state index < -0.39 is 10.0 Å². The van der Waals surface area contributed by atoms with Crippen LogP contribution in [-0.4, -0.2) is 47.1 Å². The summed E-state index contributed by atoms with van der Waals surface area (Å²) in [7, 11) is -3.43. The summed E-state index contributed by atoms with van der Waals surface area (Å²) < 4.78 is 34.2. The third-order valence-corrected chi connectivity index (χ3v) is 4.43. The number of carbonyl (C=O) groups excluding carboxylic acids is 1. The minimum atomic E-state index is -3.43. The lowest BCUT2D eigenvalue weighted by atomic mass is 10.1. The number of nitrogens with one attached hydrogen (secondary N) is 2. The highest BCUT2D eigenvalue weighted by atomic mass is 32.2. The van der Waals surface area contributed by atoms with Gasteiger partial charge in [0.25, 0.3) is 0 Å². The molecule has 1 unspecified atom stereocenters. The Morgan fingerprint density at radius 2 is 2.07 bits per heavy atom. The van der Waals surface area contributed by atoms with Gasteiger partial charge >= 0.3 is 0 Å². The van der Waals surface area contributed by atoms with Crippen LogP contribution in [0.15, 0.2) is 30.9 Å². The highest BCUT2D eigenvalue weighted by molar-refractivity contribution is 7.92. The molecule has 0 saturated heterocycles. The molecule has 1 atom stereocenters. The van der Waals surface area contributed by atoms with Crippen LogP contribution in [0.2, 0.25) is 0 Å². The van der Waals surface area contributed by atoms with E-state index in [0.29, 0.717) is 35.5 Å². The Kier molecular flexibility index (Phi) is 5.15. The highest BCUT2D eigenvalue weighted by Gasteiger charge is 2.17. The van der Waals surface area contributed by atoms with Gasteiger partial charge in [-0.05, 0) is 19.9 Å². The van der Waals surface area contributed by atoms with Crippen LogP contribution in [0, 0.1) is 0 Å². The zero-order chi connectivity index (χ0) is 19.6. The molecule has 10 nitrogen and oxygen atoms in total. The molecule has 144 valence electrons. The summed E-state index contributed by atoms with van der Waals surface area (Å²) in [6.45, 7) is 4.32. The van der Waals surface area contributed by atoms with Crippen LogP contribution >= 0.6 is 0 Å². The van der Waals surface area contributed by atoms with Gasteiger partial charge in [-0.3, -0.25) is 9.52 Å². The Balaban J connectivity index is 2.13. The van der Waals surface area contributed by atoms with Crippen molar-refractivity contribution < 1.29 is 17.9 Å². The second-order valence-corrected chi connectivity index (χ2v) is 7.64. The molecule has 3 heterocycles. The number of aromatic nitrogens is 4. The molecule has 0 radical (unpaired) electrons. The molecule has 0 spiro atoms. The van der Waals surface area contributed by atoms with Gasteiger partial charge in [-0.1, -0.05) is 0 Å². The fourth-order valence-electron chi connectivity index (χ4n) is 2.79. The third kappa shape index (κ3) is 4.09. The van der Waals surface area contributed by atoms with E-state index in [1.165, 1.54) is 10.7 Å². The number of anilines is 2. The summed E-state index contributed by atoms with van der Waals surface area (Å²) in [5.41, 5.74) is 2.84. The van der Waals surface area contributed by atoms with E-state index in [4.69, 9.17) is 4.74 Å². The summed E-state index contributed by atoms with van der Waals surface area (Å²) >= 11 is 0. The van der Waals surface area contributed by atoms with Crippen molar-refractivity contribution in [3.8, 4) is 11.1 Å². The van der Waals surface area contributed by atoms with Gasteiger partial charge in [0.05, 0.1) is 41.7 Å². The molecule has 3 rings (SSSR count). The monoisotopic (exact) mass is 392 g/mol. The van der Waals surface area contributed by atoms with Crippen LogP contribution in [0.3, 0.4) is 0 Å². The molecule has 0 aliphatic carbocycles. The number of hydrogen-bond acceptors (Lipinski definition) is 6. The van der Waals surface area contributed by atoms with Gasteiger partial charge in [0.15, 0.2) is 0 Å². The Labute approximate surface area is 156 Å². The first-order valence-corrected chi connectivity index (χ1v) is 10.1. The van der Waals surface area contributed by atoms with E-state index in [1.54, 1.807) is 29.3 Å².